The van der Waals surface area contributed by atoms with Crippen LogP contribution in [0.3, 0.4) is 0 Å². The summed E-state index contributed by atoms with van der Waals surface area (Å²) in [5.41, 5.74) is -1.85. The van der Waals surface area contributed by atoms with Gasteiger partial charge in [0.05, 0.1) is 10.6 Å². The van der Waals surface area contributed by atoms with Crippen molar-refractivity contribution in [2.75, 3.05) is 5.32 Å². The largest absolute Gasteiger partial charge is 0.480 e. The summed E-state index contributed by atoms with van der Waals surface area (Å²) in [5, 5.41) is 22.1. The van der Waals surface area contributed by atoms with Crippen LogP contribution in [0.1, 0.15) is 19.4 Å². The van der Waals surface area contributed by atoms with Gasteiger partial charge in [0.1, 0.15) is 17.7 Å². The molecular weight excluding hydrogens is 375 g/mol. The van der Waals surface area contributed by atoms with Crippen LogP contribution in [-0.2, 0) is 15.8 Å². The Balaban J connectivity index is 2.99. The number of alkyl halides is 3. The van der Waals surface area contributed by atoms with Crippen LogP contribution in [0.25, 0.3) is 0 Å². The van der Waals surface area contributed by atoms with Gasteiger partial charge in [0.2, 0.25) is 0 Å². The Morgan fingerprint density at radius 3 is 2.42 bits per heavy atom. The van der Waals surface area contributed by atoms with E-state index in [1.807, 2.05) is 0 Å². The highest BCUT2D eigenvalue weighted by Gasteiger charge is 2.33. The molecule has 0 spiro atoms. The van der Waals surface area contributed by atoms with Crippen molar-refractivity contribution in [3.05, 3.63) is 40.6 Å². The Morgan fingerprint density at radius 2 is 1.96 bits per heavy atom. The first-order chi connectivity index (χ1) is 12.0. The number of aliphatic carboxylic acids is 1. The topological polar surface area (TPSA) is 102 Å². The second-order valence-corrected chi connectivity index (χ2v) is 5.95. The van der Waals surface area contributed by atoms with Crippen molar-refractivity contribution in [1.82, 2.24) is 5.32 Å². The van der Waals surface area contributed by atoms with E-state index in [-0.39, 0.29) is 11.6 Å². The first-order valence-corrected chi connectivity index (χ1v) is 7.62. The molecule has 0 saturated carbocycles. The molecule has 0 aliphatic heterocycles. The average Bonchev–Trinajstić information content (AvgIpc) is 2.51. The quantitative estimate of drug-likeness (QED) is 0.511. The van der Waals surface area contributed by atoms with Crippen LogP contribution in [0.5, 0.6) is 0 Å². The van der Waals surface area contributed by atoms with Gasteiger partial charge >= 0.3 is 12.1 Å². The molecule has 1 aromatic carbocycles. The number of carboxylic acid groups (broad SMARTS) is 1. The number of nitrogens with zero attached hydrogens (tertiary/aromatic N) is 1. The zero-order valence-corrected chi connectivity index (χ0v) is 14.4. The maximum Gasteiger partial charge on any atom is 0.417 e. The van der Waals surface area contributed by atoms with E-state index < -0.39 is 40.3 Å². The minimum Gasteiger partial charge on any atom is -0.480 e. The predicted octanol–water partition coefficient (Wildman–Crippen LogP) is 3.40. The molecule has 0 saturated heterocycles. The molecule has 1 rings (SSSR count). The number of hydrogen-bond donors (Lipinski definition) is 3. The number of nitriles is 1. The van der Waals surface area contributed by atoms with Gasteiger partial charge in [0.15, 0.2) is 0 Å². The molecule has 0 aliphatic carbocycles. The summed E-state index contributed by atoms with van der Waals surface area (Å²) in [7, 11) is 0. The number of anilines is 1. The maximum absolute atomic E-state index is 12.8. The summed E-state index contributed by atoms with van der Waals surface area (Å²) in [6.07, 6.45) is -3.80. The van der Waals surface area contributed by atoms with Crippen molar-refractivity contribution in [3.8, 4) is 6.07 Å². The summed E-state index contributed by atoms with van der Waals surface area (Å²) >= 11 is 5.49. The van der Waals surface area contributed by atoms with Gasteiger partial charge in [-0.1, -0.05) is 25.4 Å². The molecule has 140 valence electrons. The average molecular weight is 390 g/mol. The molecule has 0 radical (unpaired) electrons. The molecule has 0 aromatic heterocycles. The van der Waals surface area contributed by atoms with E-state index in [1.165, 1.54) is 0 Å². The Bertz CT molecular complexity index is 770. The van der Waals surface area contributed by atoms with Gasteiger partial charge in [0, 0.05) is 11.9 Å². The number of halogens is 4. The van der Waals surface area contributed by atoms with Crippen LogP contribution in [-0.4, -0.2) is 23.0 Å². The van der Waals surface area contributed by atoms with Crippen LogP contribution >= 0.6 is 11.6 Å². The molecule has 1 unspecified atom stereocenters. The number of carbonyl (C=O) groups is 2. The second kappa shape index (κ2) is 8.58. The van der Waals surface area contributed by atoms with Crippen molar-refractivity contribution in [2.45, 2.75) is 26.1 Å². The molecular formula is C16H15ClF3N3O3. The number of carbonyl (C=O) groups excluding carboxylic acids is 1. The van der Waals surface area contributed by atoms with Crippen molar-refractivity contribution in [3.63, 3.8) is 0 Å². The third-order valence-corrected chi connectivity index (χ3v) is 3.56. The Kier molecular flexibility index (Phi) is 7.03. The van der Waals surface area contributed by atoms with Crippen LogP contribution in [0, 0.1) is 17.2 Å². The van der Waals surface area contributed by atoms with Gasteiger partial charge in [-0.25, -0.2) is 4.79 Å². The van der Waals surface area contributed by atoms with Gasteiger partial charge in [-0.2, -0.15) is 18.4 Å². The van der Waals surface area contributed by atoms with E-state index in [2.05, 4.69) is 10.6 Å². The lowest BCUT2D eigenvalue weighted by atomic mass is 10.1. The molecule has 1 aromatic rings. The number of hydrogen-bond acceptors (Lipinski definition) is 4. The minimum atomic E-state index is -4.71. The molecule has 1 atom stereocenters. The Morgan fingerprint density at radius 1 is 1.35 bits per heavy atom. The minimum absolute atomic E-state index is 0.216. The Labute approximate surface area is 152 Å². The summed E-state index contributed by atoms with van der Waals surface area (Å²) in [6, 6.07) is 3.26. The molecule has 0 bridgehead atoms. The number of amides is 1. The lowest BCUT2D eigenvalue weighted by Crippen LogP contribution is -2.38. The lowest BCUT2D eigenvalue weighted by Gasteiger charge is -2.16. The van der Waals surface area contributed by atoms with Gasteiger partial charge in [-0.3, -0.25) is 4.79 Å². The standard InChI is InChI=1S/C16H15ClF3N3O3/c1-8(2)13(15(25)26)22-7-9(6-21)14(24)23-10-3-4-12(17)11(5-10)16(18,19)20/h3-5,7-8,13,22H,1-2H3,(H,23,24)(H,25,26)/b9-7-. The monoisotopic (exact) mass is 389 g/mol. The van der Waals surface area contributed by atoms with Crippen LogP contribution < -0.4 is 10.6 Å². The summed E-state index contributed by atoms with van der Waals surface area (Å²) in [4.78, 5) is 23.1. The van der Waals surface area contributed by atoms with E-state index in [4.69, 9.17) is 22.0 Å². The fourth-order valence-electron chi connectivity index (χ4n) is 1.89. The van der Waals surface area contributed by atoms with Crippen molar-refractivity contribution >= 4 is 29.2 Å². The number of rotatable bonds is 6. The SMILES string of the molecule is CC(C)C(N/C=C(/C#N)C(=O)Nc1ccc(Cl)c(C(F)(F)F)c1)C(=O)O. The first kappa shape index (κ1) is 21.3. The van der Waals surface area contributed by atoms with Crippen LogP contribution in [0.2, 0.25) is 5.02 Å². The van der Waals surface area contributed by atoms with Crippen molar-refractivity contribution in [1.29, 1.82) is 5.26 Å². The normalized spacial score (nSPS) is 13.1. The highest BCUT2D eigenvalue weighted by atomic mass is 35.5. The van der Waals surface area contributed by atoms with E-state index in [1.54, 1.807) is 19.9 Å². The molecule has 0 heterocycles. The predicted molar refractivity (Wildman–Crippen MR) is 88.2 cm³/mol. The number of nitrogens with one attached hydrogen (secondary N) is 2. The smallest absolute Gasteiger partial charge is 0.417 e. The fourth-order valence-corrected chi connectivity index (χ4v) is 2.11. The van der Waals surface area contributed by atoms with Crippen molar-refractivity contribution in [2.24, 2.45) is 5.92 Å². The molecule has 6 nitrogen and oxygen atoms in total. The van der Waals surface area contributed by atoms with Crippen LogP contribution in [0.15, 0.2) is 30.0 Å². The van der Waals surface area contributed by atoms with E-state index in [0.717, 1.165) is 18.3 Å². The number of benzene rings is 1. The summed E-state index contributed by atoms with van der Waals surface area (Å²) < 4.78 is 38.5. The molecule has 0 aliphatic rings. The van der Waals surface area contributed by atoms with Crippen LogP contribution in [0.4, 0.5) is 18.9 Å². The zero-order chi connectivity index (χ0) is 20.1. The highest BCUT2D eigenvalue weighted by molar-refractivity contribution is 6.31. The molecule has 1 amide bonds. The fraction of sp³-hybridized carbons (Fsp3) is 0.312. The van der Waals surface area contributed by atoms with Crippen molar-refractivity contribution < 1.29 is 27.9 Å². The van der Waals surface area contributed by atoms with Gasteiger partial charge in [-0.15, -0.1) is 0 Å². The lowest BCUT2D eigenvalue weighted by molar-refractivity contribution is -0.140. The second-order valence-electron chi connectivity index (χ2n) is 5.54. The third kappa shape index (κ3) is 5.67. The zero-order valence-electron chi connectivity index (χ0n) is 13.7. The van der Waals surface area contributed by atoms with E-state index in [0.29, 0.717) is 6.07 Å². The molecule has 10 heteroatoms. The summed E-state index contributed by atoms with van der Waals surface area (Å²) in [6.45, 7) is 3.25. The molecule has 3 N–H and O–H groups in total. The van der Waals surface area contributed by atoms with E-state index >= 15 is 0 Å². The third-order valence-electron chi connectivity index (χ3n) is 3.23. The maximum atomic E-state index is 12.8. The molecule has 0 fully saturated rings. The molecule has 26 heavy (non-hydrogen) atoms. The van der Waals surface area contributed by atoms with Gasteiger partial charge in [-0.05, 0) is 24.1 Å². The van der Waals surface area contributed by atoms with Gasteiger partial charge < -0.3 is 15.7 Å². The highest BCUT2D eigenvalue weighted by Crippen LogP contribution is 2.36. The summed E-state index contributed by atoms with van der Waals surface area (Å²) in [5.74, 6) is -2.51. The van der Waals surface area contributed by atoms with E-state index in [9.17, 15) is 22.8 Å². The first-order valence-electron chi connectivity index (χ1n) is 7.24. The Hall–Kier alpha value is -2.73. The number of carboxylic acids is 1. The van der Waals surface area contributed by atoms with Gasteiger partial charge in [0.25, 0.3) is 5.91 Å².